The van der Waals surface area contributed by atoms with Gasteiger partial charge in [-0.25, -0.2) is 0 Å². The molecule has 1 atom stereocenters. The molecule has 0 fully saturated rings. The van der Waals surface area contributed by atoms with Crippen molar-refractivity contribution >= 4 is 5.91 Å². The topological polar surface area (TPSA) is 76.7 Å². The Morgan fingerprint density at radius 1 is 1.10 bits per heavy atom. The Hall–Kier alpha value is -3.32. The van der Waals surface area contributed by atoms with Gasteiger partial charge in [0.2, 0.25) is 0 Å². The van der Waals surface area contributed by atoms with Gasteiger partial charge in [-0.2, -0.15) is 5.10 Å². The van der Waals surface area contributed by atoms with Crippen molar-refractivity contribution in [2.45, 2.75) is 13.0 Å². The third-order valence-corrected chi connectivity index (χ3v) is 5.25. The van der Waals surface area contributed by atoms with Crippen molar-refractivity contribution in [3.8, 4) is 22.8 Å². The highest BCUT2D eigenvalue weighted by molar-refractivity contribution is 6.00. The minimum absolute atomic E-state index is 0.0883. The Morgan fingerprint density at radius 2 is 1.90 bits per heavy atom. The van der Waals surface area contributed by atoms with E-state index in [1.165, 1.54) is 0 Å². The van der Waals surface area contributed by atoms with Crippen LogP contribution in [0.1, 0.15) is 34.6 Å². The molecular weight excluding hydrogens is 382 g/mol. The van der Waals surface area contributed by atoms with Crippen LogP contribution in [-0.4, -0.2) is 55.0 Å². The molecule has 4 rings (SSSR count). The first-order chi connectivity index (χ1) is 14.7. The lowest BCUT2D eigenvalue weighted by Gasteiger charge is -2.26. The van der Waals surface area contributed by atoms with Gasteiger partial charge >= 0.3 is 0 Å². The molecule has 0 saturated carbocycles. The Balaban J connectivity index is 1.84. The second kappa shape index (κ2) is 8.59. The normalized spacial score (nSPS) is 15.4. The number of rotatable bonds is 8. The number of nitrogens with zero attached hydrogens (tertiary/aromatic N) is 2. The molecule has 30 heavy (non-hydrogen) atoms. The van der Waals surface area contributed by atoms with E-state index in [1.807, 2.05) is 60.4 Å². The number of methoxy groups -OCH3 is 2. The molecule has 1 N–H and O–H groups in total. The number of carbonyl (C=O) groups excluding carboxylic acids is 1. The minimum atomic E-state index is -0.304. The highest BCUT2D eigenvalue weighted by atomic mass is 16.5. The average Bonchev–Trinajstić information content (AvgIpc) is 3.32. The number of carbonyl (C=O) groups is 1. The number of benzene rings is 2. The summed E-state index contributed by atoms with van der Waals surface area (Å²) in [6.07, 6.45) is 0. The molecule has 0 aliphatic carbocycles. The summed E-state index contributed by atoms with van der Waals surface area (Å²) in [5, 5.41) is 7.44. The third kappa shape index (κ3) is 3.41. The van der Waals surface area contributed by atoms with Crippen molar-refractivity contribution in [1.29, 1.82) is 0 Å². The van der Waals surface area contributed by atoms with Gasteiger partial charge < -0.3 is 19.1 Å². The molecule has 0 bridgehead atoms. The number of ether oxygens (including phenoxy) is 3. The predicted octanol–water partition coefficient (Wildman–Crippen LogP) is 3.68. The highest BCUT2D eigenvalue weighted by Gasteiger charge is 2.42. The van der Waals surface area contributed by atoms with Crippen molar-refractivity contribution < 1.29 is 19.0 Å². The summed E-state index contributed by atoms with van der Waals surface area (Å²) in [4.78, 5) is 15.0. The van der Waals surface area contributed by atoms with E-state index in [-0.39, 0.29) is 11.9 Å². The van der Waals surface area contributed by atoms with E-state index in [9.17, 15) is 4.79 Å². The SMILES string of the molecule is CCOc1ccc(C2c3c(-c4ccccc4)n[nH]c3C(=O)N2CCOC)cc1OC. The predicted molar refractivity (Wildman–Crippen MR) is 113 cm³/mol. The molecule has 1 amide bonds. The van der Waals surface area contributed by atoms with E-state index in [2.05, 4.69) is 10.2 Å². The summed E-state index contributed by atoms with van der Waals surface area (Å²) in [6, 6.07) is 15.4. The molecule has 1 unspecified atom stereocenters. The van der Waals surface area contributed by atoms with E-state index >= 15 is 0 Å². The fourth-order valence-electron chi connectivity index (χ4n) is 3.91. The number of amides is 1. The summed E-state index contributed by atoms with van der Waals surface area (Å²) >= 11 is 0. The third-order valence-electron chi connectivity index (χ3n) is 5.25. The molecule has 156 valence electrons. The molecule has 7 heteroatoms. The van der Waals surface area contributed by atoms with Crippen molar-refractivity contribution in [3.63, 3.8) is 0 Å². The second-order valence-electron chi connectivity index (χ2n) is 6.96. The fraction of sp³-hybridized carbons (Fsp3) is 0.304. The number of aromatic nitrogens is 2. The van der Waals surface area contributed by atoms with E-state index in [1.54, 1.807) is 14.2 Å². The lowest BCUT2D eigenvalue weighted by molar-refractivity contribution is 0.0677. The number of aromatic amines is 1. The van der Waals surface area contributed by atoms with E-state index < -0.39 is 0 Å². The lowest BCUT2D eigenvalue weighted by atomic mass is 9.96. The Morgan fingerprint density at radius 3 is 2.60 bits per heavy atom. The molecule has 2 heterocycles. The van der Waals surface area contributed by atoms with Gasteiger partial charge in [-0.05, 0) is 24.6 Å². The van der Waals surface area contributed by atoms with Gasteiger partial charge in [-0.3, -0.25) is 9.89 Å². The Labute approximate surface area is 175 Å². The lowest BCUT2D eigenvalue weighted by Crippen LogP contribution is -2.32. The number of hydrogen-bond acceptors (Lipinski definition) is 5. The number of nitrogens with one attached hydrogen (secondary N) is 1. The Kier molecular flexibility index (Phi) is 5.72. The molecule has 7 nitrogen and oxygen atoms in total. The largest absolute Gasteiger partial charge is 0.493 e. The van der Waals surface area contributed by atoms with Crippen molar-refractivity contribution in [1.82, 2.24) is 15.1 Å². The Bertz CT molecular complexity index is 1030. The summed E-state index contributed by atoms with van der Waals surface area (Å²) < 4.78 is 16.5. The standard InChI is InChI=1S/C23H25N3O4/c1-4-30-17-11-10-16(14-18(17)29-3)22-19-20(15-8-6-5-7-9-15)24-25-21(19)23(27)26(22)12-13-28-2/h5-11,14,22H,4,12-13H2,1-3H3,(H,24,25). The van der Waals surface area contributed by atoms with E-state index in [4.69, 9.17) is 14.2 Å². The zero-order chi connectivity index (χ0) is 21.1. The van der Waals surface area contributed by atoms with Crippen LogP contribution in [0.3, 0.4) is 0 Å². The van der Waals surface area contributed by atoms with Crippen molar-refractivity contribution in [3.05, 3.63) is 65.4 Å². The van der Waals surface area contributed by atoms with Crippen LogP contribution in [0.4, 0.5) is 0 Å². The van der Waals surface area contributed by atoms with Gasteiger partial charge in [-0.1, -0.05) is 36.4 Å². The molecule has 1 aliphatic rings. The number of fused-ring (bicyclic) bond motifs is 1. The minimum Gasteiger partial charge on any atom is -0.493 e. The number of H-pyrrole nitrogens is 1. The van der Waals surface area contributed by atoms with Crippen molar-refractivity contribution in [2.24, 2.45) is 0 Å². The maximum atomic E-state index is 13.2. The van der Waals surface area contributed by atoms with E-state index in [0.29, 0.717) is 37.0 Å². The van der Waals surface area contributed by atoms with Crippen LogP contribution in [-0.2, 0) is 4.74 Å². The van der Waals surface area contributed by atoms with E-state index in [0.717, 1.165) is 22.4 Å². The van der Waals surface area contributed by atoms with Crippen LogP contribution >= 0.6 is 0 Å². The molecule has 1 aliphatic heterocycles. The van der Waals surface area contributed by atoms with Crippen LogP contribution in [0.25, 0.3) is 11.3 Å². The maximum Gasteiger partial charge on any atom is 0.273 e. The summed E-state index contributed by atoms with van der Waals surface area (Å²) in [5.41, 5.74) is 4.05. The zero-order valence-electron chi connectivity index (χ0n) is 17.3. The quantitative estimate of drug-likeness (QED) is 0.616. The molecule has 0 radical (unpaired) electrons. The summed E-state index contributed by atoms with van der Waals surface area (Å²) in [5.74, 6) is 1.22. The van der Waals surface area contributed by atoms with Gasteiger partial charge in [0.05, 0.1) is 32.1 Å². The van der Waals surface area contributed by atoms with Crippen molar-refractivity contribution in [2.75, 3.05) is 34.0 Å². The summed E-state index contributed by atoms with van der Waals surface area (Å²) in [7, 11) is 3.24. The first kappa shape index (κ1) is 20.0. The fourth-order valence-corrected chi connectivity index (χ4v) is 3.91. The van der Waals surface area contributed by atoms with Gasteiger partial charge in [0.15, 0.2) is 11.5 Å². The molecule has 1 aromatic heterocycles. The smallest absolute Gasteiger partial charge is 0.273 e. The molecule has 2 aromatic carbocycles. The second-order valence-corrected chi connectivity index (χ2v) is 6.96. The molecular formula is C23H25N3O4. The molecule has 0 saturated heterocycles. The van der Waals surface area contributed by atoms with Crippen LogP contribution in [0.5, 0.6) is 11.5 Å². The maximum absolute atomic E-state index is 13.2. The zero-order valence-corrected chi connectivity index (χ0v) is 17.3. The monoisotopic (exact) mass is 407 g/mol. The van der Waals surface area contributed by atoms with Crippen LogP contribution in [0.15, 0.2) is 48.5 Å². The molecule has 0 spiro atoms. The van der Waals surface area contributed by atoms with Crippen LogP contribution in [0.2, 0.25) is 0 Å². The first-order valence-corrected chi connectivity index (χ1v) is 9.93. The average molecular weight is 407 g/mol. The highest BCUT2D eigenvalue weighted by Crippen LogP contribution is 2.44. The molecule has 3 aromatic rings. The van der Waals surface area contributed by atoms with Crippen LogP contribution < -0.4 is 9.47 Å². The van der Waals surface area contributed by atoms with Gasteiger partial charge in [0.25, 0.3) is 5.91 Å². The first-order valence-electron chi connectivity index (χ1n) is 9.93. The van der Waals surface area contributed by atoms with Crippen LogP contribution in [0, 0.1) is 0 Å². The summed E-state index contributed by atoms with van der Waals surface area (Å²) in [6.45, 7) is 3.38. The van der Waals surface area contributed by atoms with Gasteiger partial charge in [0, 0.05) is 24.8 Å². The number of hydrogen-bond donors (Lipinski definition) is 1. The van der Waals surface area contributed by atoms with Gasteiger partial charge in [-0.15, -0.1) is 0 Å². The van der Waals surface area contributed by atoms with Gasteiger partial charge in [0.1, 0.15) is 5.69 Å².